The topological polar surface area (TPSA) is 25.5 Å². The van der Waals surface area contributed by atoms with Gasteiger partial charge in [0.25, 0.3) is 0 Å². The van der Waals surface area contributed by atoms with Crippen LogP contribution in [0.1, 0.15) is 49.8 Å². The molecule has 0 aliphatic heterocycles. The van der Waals surface area contributed by atoms with Crippen molar-refractivity contribution in [3.63, 3.8) is 0 Å². The van der Waals surface area contributed by atoms with Gasteiger partial charge in [-0.2, -0.15) is 0 Å². The average Bonchev–Trinajstić information content (AvgIpc) is 3.21. The summed E-state index contributed by atoms with van der Waals surface area (Å²) in [5.74, 6) is 4.61. The Labute approximate surface area is 191 Å². The van der Waals surface area contributed by atoms with E-state index in [9.17, 15) is 0 Å². The lowest BCUT2D eigenvalue weighted by Gasteiger charge is -2.57. The molecule has 0 atom stereocenters. The second-order valence-corrected chi connectivity index (χ2v) is 11.0. The lowest BCUT2D eigenvalue weighted by atomic mass is 9.48. The van der Waals surface area contributed by atoms with Gasteiger partial charge in [0.15, 0.2) is 0 Å². The molecule has 4 fully saturated rings. The van der Waals surface area contributed by atoms with Gasteiger partial charge < -0.3 is 4.42 Å². The molecule has 0 radical (unpaired) electrons. The van der Waals surface area contributed by atoms with Crippen molar-refractivity contribution < 1.29 is 4.42 Å². The van der Waals surface area contributed by atoms with Gasteiger partial charge >= 0.3 is 0 Å². The Hall–Kier alpha value is -1.88. The maximum absolute atomic E-state index is 5.97. The normalized spacial score (nSPS) is 29.7. The Morgan fingerprint density at radius 3 is 2.07 bits per heavy atom. The number of hydrogen-bond donors (Lipinski definition) is 0. The van der Waals surface area contributed by atoms with Crippen LogP contribution < -0.4 is 0 Å². The molecule has 3 aromatic rings. The van der Waals surface area contributed by atoms with Gasteiger partial charge in [0, 0.05) is 9.13 Å². The number of hydrogen-bond acceptors (Lipinski definition) is 2. The third kappa shape index (κ3) is 3.45. The van der Waals surface area contributed by atoms with Gasteiger partial charge in [-0.3, -0.25) is 4.99 Å². The first-order valence-electron chi connectivity index (χ1n) is 11.2. The summed E-state index contributed by atoms with van der Waals surface area (Å²) in [5.41, 5.74) is 4.10. The zero-order valence-corrected chi connectivity index (χ0v) is 19.2. The molecule has 152 valence electrons. The molecule has 0 amide bonds. The first kappa shape index (κ1) is 18.9. The molecule has 4 aliphatic carbocycles. The summed E-state index contributed by atoms with van der Waals surface area (Å²) in [6.45, 7) is 0. The second kappa shape index (κ2) is 7.37. The van der Waals surface area contributed by atoms with E-state index in [2.05, 4.69) is 76.1 Å². The number of rotatable bonds is 4. The number of aliphatic imine (C=N–C) groups is 1. The highest BCUT2D eigenvalue weighted by Crippen LogP contribution is 2.60. The van der Waals surface area contributed by atoms with E-state index >= 15 is 0 Å². The Kier molecular flexibility index (Phi) is 4.63. The molecule has 7 rings (SSSR count). The summed E-state index contributed by atoms with van der Waals surface area (Å²) in [7, 11) is 0. The molecule has 3 heteroatoms. The van der Waals surface area contributed by atoms with E-state index in [0.29, 0.717) is 5.41 Å². The van der Waals surface area contributed by atoms with Crippen molar-refractivity contribution in [3.05, 3.63) is 75.6 Å². The van der Waals surface area contributed by atoms with Crippen molar-refractivity contribution in [2.45, 2.75) is 43.9 Å². The van der Waals surface area contributed by atoms with Gasteiger partial charge in [-0.1, -0.05) is 24.3 Å². The number of benzene rings is 2. The van der Waals surface area contributed by atoms with Crippen LogP contribution in [0.3, 0.4) is 0 Å². The summed E-state index contributed by atoms with van der Waals surface area (Å²) in [6, 6.07) is 21.4. The molecule has 0 N–H and O–H groups in total. The summed E-state index contributed by atoms with van der Waals surface area (Å²) < 4.78 is 7.19. The molecule has 2 aromatic carbocycles. The largest absolute Gasteiger partial charge is 0.455 e. The van der Waals surface area contributed by atoms with E-state index in [1.807, 2.05) is 18.3 Å². The van der Waals surface area contributed by atoms with Crippen LogP contribution in [0.25, 0.3) is 11.3 Å². The quantitative estimate of drug-likeness (QED) is 0.262. The minimum Gasteiger partial charge on any atom is -0.455 e. The highest BCUT2D eigenvalue weighted by atomic mass is 127. The molecule has 0 unspecified atom stereocenters. The number of nitrogens with zero attached hydrogens (tertiary/aromatic N) is 1. The SMILES string of the molecule is Ic1ccc(-c2ccc(C=Nc3ccc(C45CC6CC(CC(C6)C4)C5)cc3)o2)cc1. The Bertz CT molecular complexity index is 1040. The Balaban J connectivity index is 1.18. The number of halogens is 1. The minimum absolute atomic E-state index is 0.459. The van der Waals surface area contributed by atoms with Gasteiger partial charge in [-0.05, 0) is 126 Å². The maximum atomic E-state index is 5.97. The predicted molar refractivity (Wildman–Crippen MR) is 130 cm³/mol. The smallest absolute Gasteiger partial charge is 0.145 e. The third-order valence-electron chi connectivity index (χ3n) is 7.61. The molecule has 0 spiro atoms. The second-order valence-electron chi connectivity index (χ2n) is 9.71. The van der Waals surface area contributed by atoms with Crippen LogP contribution in [-0.4, -0.2) is 6.21 Å². The highest BCUT2D eigenvalue weighted by Gasteiger charge is 2.51. The van der Waals surface area contributed by atoms with Gasteiger partial charge in [-0.25, -0.2) is 0 Å². The van der Waals surface area contributed by atoms with Crippen LogP contribution in [0.5, 0.6) is 0 Å². The zero-order chi connectivity index (χ0) is 20.1. The Morgan fingerprint density at radius 2 is 1.43 bits per heavy atom. The fourth-order valence-electron chi connectivity index (χ4n) is 6.69. The van der Waals surface area contributed by atoms with Gasteiger partial charge in [0.1, 0.15) is 11.5 Å². The third-order valence-corrected chi connectivity index (χ3v) is 8.33. The first-order chi connectivity index (χ1) is 14.6. The van der Waals surface area contributed by atoms with Crippen molar-refractivity contribution in [3.8, 4) is 11.3 Å². The number of furan rings is 1. The fraction of sp³-hybridized carbons (Fsp3) is 0.370. The monoisotopic (exact) mass is 507 g/mol. The highest BCUT2D eigenvalue weighted by molar-refractivity contribution is 14.1. The molecule has 4 saturated carbocycles. The molecule has 4 bridgehead atoms. The standard InChI is InChI=1S/C27H26INO/c28-23-5-1-21(2-6-23)26-10-9-25(30-26)17-29-24-7-3-22(4-8-24)27-14-18-11-19(15-27)13-20(12-18)16-27/h1-10,17-20H,11-16H2. The molecular formula is C27H26INO. The Morgan fingerprint density at radius 1 is 0.800 bits per heavy atom. The molecule has 1 aromatic heterocycles. The lowest BCUT2D eigenvalue weighted by molar-refractivity contribution is -0.00518. The van der Waals surface area contributed by atoms with Gasteiger partial charge in [-0.15, -0.1) is 0 Å². The molecular weight excluding hydrogens is 481 g/mol. The fourth-order valence-corrected chi connectivity index (χ4v) is 7.05. The van der Waals surface area contributed by atoms with Gasteiger partial charge in [0.2, 0.25) is 0 Å². The minimum atomic E-state index is 0.459. The molecule has 30 heavy (non-hydrogen) atoms. The summed E-state index contributed by atoms with van der Waals surface area (Å²) >= 11 is 2.32. The van der Waals surface area contributed by atoms with E-state index in [1.165, 1.54) is 42.1 Å². The summed E-state index contributed by atoms with van der Waals surface area (Å²) in [5, 5.41) is 0. The molecule has 4 aliphatic rings. The van der Waals surface area contributed by atoms with E-state index in [1.54, 1.807) is 5.56 Å². The van der Waals surface area contributed by atoms with Crippen molar-refractivity contribution in [2.75, 3.05) is 0 Å². The van der Waals surface area contributed by atoms with Crippen LogP contribution >= 0.6 is 22.6 Å². The maximum Gasteiger partial charge on any atom is 0.145 e. The van der Waals surface area contributed by atoms with Crippen molar-refractivity contribution in [2.24, 2.45) is 22.7 Å². The summed E-state index contributed by atoms with van der Waals surface area (Å²) in [4.78, 5) is 4.67. The van der Waals surface area contributed by atoms with Crippen molar-refractivity contribution in [1.82, 2.24) is 0 Å². The predicted octanol–water partition coefficient (Wildman–Crippen LogP) is 7.77. The van der Waals surface area contributed by atoms with Crippen LogP contribution in [0.15, 0.2) is 70.1 Å². The lowest BCUT2D eigenvalue weighted by Crippen LogP contribution is -2.48. The molecule has 2 nitrogen and oxygen atoms in total. The van der Waals surface area contributed by atoms with E-state index < -0.39 is 0 Å². The van der Waals surface area contributed by atoms with Crippen LogP contribution in [0.4, 0.5) is 5.69 Å². The molecule has 1 heterocycles. The van der Waals surface area contributed by atoms with Crippen molar-refractivity contribution >= 4 is 34.5 Å². The van der Waals surface area contributed by atoms with Crippen LogP contribution in [-0.2, 0) is 5.41 Å². The van der Waals surface area contributed by atoms with E-state index in [4.69, 9.17) is 4.42 Å². The van der Waals surface area contributed by atoms with Crippen LogP contribution in [0, 0.1) is 21.3 Å². The van der Waals surface area contributed by atoms with E-state index in [0.717, 1.165) is 40.5 Å². The molecule has 0 saturated heterocycles. The first-order valence-corrected chi connectivity index (χ1v) is 12.2. The van der Waals surface area contributed by atoms with Crippen molar-refractivity contribution in [1.29, 1.82) is 0 Å². The average molecular weight is 507 g/mol. The van der Waals surface area contributed by atoms with Gasteiger partial charge in [0.05, 0.1) is 11.9 Å². The summed E-state index contributed by atoms with van der Waals surface area (Å²) in [6.07, 6.45) is 10.6. The zero-order valence-electron chi connectivity index (χ0n) is 17.1. The van der Waals surface area contributed by atoms with E-state index in [-0.39, 0.29) is 0 Å². The van der Waals surface area contributed by atoms with Crippen LogP contribution in [0.2, 0.25) is 0 Å².